The van der Waals surface area contributed by atoms with E-state index < -0.39 is 8.32 Å². The SMILES string of the molecule is CC(=O)O[C@H]1CC[C@H](c2ccc(N(CCO[Si](C)(C)C(C)(C)C)C(=O)c3c(Cl)ncnc3Cl)cc2)CC1. The van der Waals surface area contributed by atoms with Gasteiger partial charge in [0.05, 0.1) is 6.61 Å². The van der Waals surface area contributed by atoms with E-state index in [1.165, 1.54) is 18.8 Å². The first-order valence-electron chi connectivity index (χ1n) is 12.7. The summed E-state index contributed by atoms with van der Waals surface area (Å²) >= 11 is 12.5. The Morgan fingerprint density at radius 3 is 2.11 bits per heavy atom. The number of esters is 1. The number of hydrogen-bond acceptors (Lipinski definition) is 6. The fraction of sp³-hybridized carbons (Fsp3) is 0.556. The van der Waals surface area contributed by atoms with Gasteiger partial charge in [-0.3, -0.25) is 9.59 Å². The van der Waals surface area contributed by atoms with Gasteiger partial charge in [-0.25, -0.2) is 9.97 Å². The minimum absolute atomic E-state index is 0.00428. The van der Waals surface area contributed by atoms with Crippen molar-refractivity contribution in [3.8, 4) is 0 Å². The smallest absolute Gasteiger partial charge is 0.302 e. The zero-order chi connectivity index (χ0) is 27.4. The van der Waals surface area contributed by atoms with Gasteiger partial charge in [-0.15, -0.1) is 0 Å². The minimum Gasteiger partial charge on any atom is -0.463 e. The van der Waals surface area contributed by atoms with Crippen LogP contribution in [0.2, 0.25) is 28.4 Å². The average Bonchev–Trinajstić information content (AvgIpc) is 2.81. The van der Waals surface area contributed by atoms with E-state index in [4.69, 9.17) is 32.4 Å². The van der Waals surface area contributed by atoms with Gasteiger partial charge in [0.1, 0.15) is 28.3 Å². The number of hydrogen-bond donors (Lipinski definition) is 0. The fourth-order valence-electron chi connectivity index (χ4n) is 4.29. The Bertz CT molecular complexity index is 1080. The third-order valence-electron chi connectivity index (χ3n) is 7.48. The summed E-state index contributed by atoms with van der Waals surface area (Å²) in [6.07, 6.45) is 4.85. The highest BCUT2D eigenvalue weighted by molar-refractivity contribution is 6.74. The number of benzene rings is 1. The van der Waals surface area contributed by atoms with Crippen molar-refractivity contribution in [2.24, 2.45) is 0 Å². The van der Waals surface area contributed by atoms with E-state index in [0.29, 0.717) is 19.1 Å². The van der Waals surface area contributed by atoms with Crippen LogP contribution in [0.1, 0.15) is 75.2 Å². The van der Waals surface area contributed by atoms with Crippen LogP contribution in [0.15, 0.2) is 30.6 Å². The highest BCUT2D eigenvalue weighted by Gasteiger charge is 2.37. The van der Waals surface area contributed by atoms with E-state index >= 15 is 0 Å². The molecule has 0 unspecified atom stereocenters. The third-order valence-corrected chi connectivity index (χ3v) is 12.6. The van der Waals surface area contributed by atoms with Gasteiger partial charge < -0.3 is 14.1 Å². The molecule has 3 rings (SSSR count). The Hall–Kier alpha value is -2.00. The van der Waals surface area contributed by atoms with Crippen molar-refractivity contribution >= 4 is 49.1 Å². The van der Waals surface area contributed by atoms with Gasteiger partial charge in [-0.2, -0.15) is 0 Å². The molecule has 0 saturated heterocycles. The molecule has 202 valence electrons. The maximum atomic E-state index is 13.6. The molecule has 1 heterocycles. The van der Waals surface area contributed by atoms with Crippen molar-refractivity contribution in [3.05, 3.63) is 52.0 Å². The maximum Gasteiger partial charge on any atom is 0.302 e. The summed E-state index contributed by atoms with van der Waals surface area (Å²) in [7, 11) is -2.00. The first-order valence-corrected chi connectivity index (χ1v) is 16.4. The molecule has 1 aromatic heterocycles. The number of halogens is 2. The first kappa shape index (κ1) is 29.6. The number of anilines is 1. The topological polar surface area (TPSA) is 81.6 Å². The average molecular weight is 567 g/mol. The van der Waals surface area contributed by atoms with E-state index in [-0.39, 0.29) is 38.9 Å². The Morgan fingerprint density at radius 1 is 1.03 bits per heavy atom. The molecular formula is C27H37Cl2N3O4Si. The van der Waals surface area contributed by atoms with Gasteiger partial charge in [0.15, 0.2) is 8.32 Å². The minimum atomic E-state index is -2.00. The lowest BCUT2D eigenvalue weighted by Crippen LogP contribution is -2.43. The summed E-state index contributed by atoms with van der Waals surface area (Å²) in [6, 6.07) is 8.02. The summed E-state index contributed by atoms with van der Waals surface area (Å²) in [5.41, 5.74) is 2.00. The largest absolute Gasteiger partial charge is 0.463 e. The van der Waals surface area contributed by atoms with Crippen molar-refractivity contribution in [1.82, 2.24) is 9.97 Å². The molecule has 2 aromatic rings. The van der Waals surface area contributed by atoms with Crippen LogP contribution in [-0.4, -0.2) is 49.4 Å². The molecule has 1 aliphatic rings. The molecule has 1 aliphatic carbocycles. The van der Waals surface area contributed by atoms with Crippen molar-refractivity contribution < 1.29 is 18.8 Å². The molecule has 37 heavy (non-hydrogen) atoms. The molecule has 7 nitrogen and oxygen atoms in total. The number of carbonyl (C=O) groups excluding carboxylic acids is 2. The van der Waals surface area contributed by atoms with Crippen molar-refractivity contribution in [1.29, 1.82) is 0 Å². The van der Waals surface area contributed by atoms with Crippen LogP contribution >= 0.6 is 23.2 Å². The highest BCUT2D eigenvalue weighted by atomic mass is 35.5. The highest BCUT2D eigenvalue weighted by Crippen LogP contribution is 2.37. The Labute approximate surface area is 231 Å². The molecule has 10 heteroatoms. The Morgan fingerprint density at radius 2 is 1.59 bits per heavy atom. The lowest BCUT2D eigenvalue weighted by atomic mass is 9.82. The van der Waals surface area contributed by atoms with Crippen LogP contribution in [-0.2, 0) is 14.0 Å². The van der Waals surface area contributed by atoms with Crippen molar-refractivity contribution in [3.63, 3.8) is 0 Å². The first-order chi connectivity index (χ1) is 17.3. The molecule has 0 radical (unpaired) electrons. The standard InChI is InChI=1S/C27H37Cl2N3O4Si/c1-18(33)36-22-13-9-20(10-14-22)19-7-11-21(12-8-19)32(15-16-35-37(5,6)27(2,3)4)26(34)23-24(28)30-17-31-25(23)29/h7-8,11-12,17,20,22H,9-10,13-16H2,1-6H3/t20-,22-. The summed E-state index contributed by atoms with van der Waals surface area (Å²) in [4.78, 5) is 34.4. The monoisotopic (exact) mass is 565 g/mol. The predicted molar refractivity (Wildman–Crippen MR) is 150 cm³/mol. The molecule has 1 amide bonds. The number of ether oxygens (including phenoxy) is 1. The lowest BCUT2D eigenvalue weighted by molar-refractivity contribution is -0.147. The number of rotatable bonds is 8. The second kappa shape index (κ2) is 12.2. The molecule has 1 fully saturated rings. The number of carbonyl (C=O) groups is 2. The van der Waals surface area contributed by atoms with Gasteiger partial charge >= 0.3 is 5.97 Å². The molecule has 0 atom stereocenters. The zero-order valence-corrected chi connectivity index (χ0v) is 25.0. The van der Waals surface area contributed by atoms with Crippen LogP contribution in [0.25, 0.3) is 0 Å². The van der Waals surface area contributed by atoms with Crippen molar-refractivity contribution in [2.45, 2.75) is 83.5 Å². The third kappa shape index (κ3) is 7.53. The quantitative estimate of drug-likeness (QED) is 0.194. The van der Waals surface area contributed by atoms with Crippen molar-refractivity contribution in [2.75, 3.05) is 18.1 Å². The van der Waals surface area contributed by atoms with Gasteiger partial charge in [-0.1, -0.05) is 56.1 Å². The lowest BCUT2D eigenvalue weighted by Gasteiger charge is -2.37. The van der Waals surface area contributed by atoms with E-state index in [1.54, 1.807) is 4.90 Å². The molecule has 0 bridgehead atoms. The van der Waals surface area contributed by atoms with Crippen LogP contribution in [0.3, 0.4) is 0 Å². The van der Waals surface area contributed by atoms with Crippen LogP contribution in [0.4, 0.5) is 5.69 Å². The number of aromatic nitrogens is 2. The van der Waals surface area contributed by atoms with Crippen LogP contribution in [0.5, 0.6) is 0 Å². The van der Waals surface area contributed by atoms with Gasteiger partial charge in [0.25, 0.3) is 5.91 Å². The van der Waals surface area contributed by atoms with Gasteiger partial charge in [0.2, 0.25) is 0 Å². The van der Waals surface area contributed by atoms with Gasteiger partial charge in [0, 0.05) is 19.2 Å². The Kier molecular flexibility index (Phi) is 9.77. The zero-order valence-electron chi connectivity index (χ0n) is 22.5. The van der Waals surface area contributed by atoms with E-state index in [2.05, 4.69) is 56.0 Å². The predicted octanol–water partition coefficient (Wildman–Crippen LogP) is 7.04. The second-order valence-electron chi connectivity index (χ2n) is 11.1. The molecule has 0 aliphatic heterocycles. The molecule has 0 spiro atoms. The second-order valence-corrected chi connectivity index (χ2v) is 16.6. The normalized spacial score (nSPS) is 18.4. The van der Waals surface area contributed by atoms with Gasteiger partial charge in [-0.05, 0) is 67.4 Å². The Balaban J connectivity index is 1.80. The summed E-state index contributed by atoms with van der Waals surface area (Å²) < 4.78 is 11.7. The maximum absolute atomic E-state index is 13.6. The number of amides is 1. The molecular weight excluding hydrogens is 529 g/mol. The summed E-state index contributed by atoms with van der Waals surface area (Å²) in [5, 5.41) is 0.0839. The molecule has 1 aromatic carbocycles. The van der Waals surface area contributed by atoms with E-state index in [9.17, 15) is 9.59 Å². The van der Waals surface area contributed by atoms with Crippen LogP contribution in [0, 0.1) is 0 Å². The summed E-state index contributed by atoms with van der Waals surface area (Å²) in [6.45, 7) is 13.1. The fourth-order valence-corrected chi connectivity index (χ4v) is 5.80. The summed E-state index contributed by atoms with van der Waals surface area (Å²) in [5.74, 6) is -0.207. The van der Waals surface area contributed by atoms with E-state index in [0.717, 1.165) is 31.4 Å². The van der Waals surface area contributed by atoms with Crippen LogP contribution < -0.4 is 4.90 Å². The molecule has 0 N–H and O–H groups in total. The van der Waals surface area contributed by atoms with E-state index in [1.807, 2.05) is 12.1 Å². The number of nitrogens with zero attached hydrogens (tertiary/aromatic N) is 3. The molecule has 1 saturated carbocycles.